The van der Waals surface area contributed by atoms with E-state index in [1.165, 1.54) is 11.9 Å². The Morgan fingerprint density at radius 2 is 1.79 bits per heavy atom. The molecule has 4 aromatic rings. The normalized spacial score (nSPS) is 11.3. The highest BCUT2D eigenvalue weighted by atomic mass is 35.5. The SMILES string of the molecule is Fc1c(SNc2ccc(Cl)c3c(Cl)c[nH]c23)ccc2ccccc12. The van der Waals surface area contributed by atoms with E-state index in [-0.39, 0.29) is 5.82 Å². The lowest BCUT2D eigenvalue weighted by Crippen LogP contribution is -1.91. The number of aromatic amines is 1. The topological polar surface area (TPSA) is 27.8 Å². The molecule has 4 rings (SSSR count). The molecule has 6 heteroatoms. The lowest BCUT2D eigenvalue weighted by Gasteiger charge is -2.10. The first-order valence-corrected chi connectivity index (χ1v) is 8.77. The van der Waals surface area contributed by atoms with Gasteiger partial charge in [0, 0.05) is 17.0 Å². The van der Waals surface area contributed by atoms with Crippen molar-refractivity contribution in [1.29, 1.82) is 0 Å². The molecular formula is C18H11Cl2FN2S. The van der Waals surface area contributed by atoms with Crippen LogP contribution >= 0.6 is 35.1 Å². The van der Waals surface area contributed by atoms with Crippen LogP contribution in [0.25, 0.3) is 21.7 Å². The van der Waals surface area contributed by atoms with E-state index in [4.69, 9.17) is 23.2 Å². The number of rotatable bonds is 3. The Morgan fingerprint density at radius 3 is 2.67 bits per heavy atom. The Bertz CT molecular complexity index is 1060. The molecule has 2 N–H and O–H groups in total. The zero-order chi connectivity index (χ0) is 16.7. The van der Waals surface area contributed by atoms with Crippen LogP contribution in [-0.4, -0.2) is 4.98 Å². The van der Waals surface area contributed by atoms with E-state index >= 15 is 0 Å². The van der Waals surface area contributed by atoms with Crippen LogP contribution in [0.2, 0.25) is 10.0 Å². The standard InChI is InChI=1S/C18H11Cl2FN2S/c19-12-6-7-14(18-16(12)13(20)9-22-18)23-24-15-8-5-10-3-1-2-4-11(10)17(15)21/h1-9,22-23H. The predicted octanol–water partition coefficient (Wildman–Crippen LogP) is 6.89. The number of fused-ring (bicyclic) bond motifs is 2. The summed E-state index contributed by atoms with van der Waals surface area (Å²) in [6.07, 6.45) is 1.69. The Labute approximate surface area is 152 Å². The molecule has 0 radical (unpaired) electrons. The second kappa shape index (κ2) is 6.20. The monoisotopic (exact) mass is 376 g/mol. The summed E-state index contributed by atoms with van der Waals surface area (Å²) in [6, 6.07) is 14.7. The van der Waals surface area contributed by atoms with Gasteiger partial charge in [-0.25, -0.2) is 4.39 Å². The number of hydrogen-bond acceptors (Lipinski definition) is 2. The second-order valence-corrected chi connectivity index (χ2v) is 6.95. The Kier molecular flexibility index (Phi) is 4.04. The summed E-state index contributed by atoms with van der Waals surface area (Å²) in [5.74, 6) is -0.236. The molecule has 0 aliphatic carbocycles. The first-order valence-electron chi connectivity index (χ1n) is 7.20. The van der Waals surface area contributed by atoms with Crippen LogP contribution in [0.15, 0.2) is 59.6 Å². The van der Waals surface area contributed by atoms with Gasteiger partial charge in [-0.2, -0.15) is 0 Å². The van der Waals surface area contributed by atoms with Gasteiger partial charge in [-0.05, 0) is 35.5 Å². The van der Waals surface area contributed by atoms with Crippen LogP contribution in [0.4, 0.5) is 10.1 Å². The summed E-state index contributed by atoms with van der Waals surface area (Å²) in [4.78, 5) is 3.61. The van der Waals surface area contributed by atoms with Crippen LogP contribution < -0.4 is 4.72 Å². The third-order valence-corrected chi connectivity index (χ3v) is 5.31. The number of H-pyrrole nitrogens is 1. The van der Waals surface area contributed by atoms with Gasteiger partial charge in [-0.15, -0.1) is 0 Å². The summed E-state index contributed by atoms with van der Waals surface area (Å²) in [6.45, 7) is 0. The highest BCUT2D eigenvalue weighted by molar-refractivity contribution is 8.00. The van der Waals surface area contributed by atoms with Crippen LogP contribution in [0, 0.1) is 5.82 Å². The summed E-state index contributed by atoms with van der Waals surface area (Å²) in [5, 5.41) is 3.37. The molecule has 0 amide bonds. The van der Waals surface area contributed by atoms with Gasteiger partial charge in [-0.3, -0.25) is 0 Å². The zero-order valence-electron chi connectivity index (χ0n) is 12.2. The van der Waals surface area contributed by atoms with Crippen LogP contribution in [0.1, 0.15) is 0 Å². The van der Waals surface area contributed by atoms with Crippen LogP contribution in [0.3, 0.4) is 0 Å². The van der Waals surface area contributed by atoms with Crippen molar-refractivity contribution < 1.29 is 4.39 Å². The smallest absolute Gasteiger partial charge is 0.146 e. The molecule has 3 aromatic carbocycles. The van der Waals surface area contributed by atoms with Gasteiger partial charge in [0.1, 0.15) is 5.82 Å². The minimum absolute atomic E-state index is 0.236. The lowest BCUT2D eigenvalue weighted by atomic mass is 10.1. The molecule has 0 spiro atoms. The van der Waals surface area contributed by atoms with E-state index in [1.807, 2.05) is 30.3 Å². The zero-order valence-corrected chi connectivity index (χ0v) is 14.6. The molecule has 0 fully saturated rings. The van der Waals surface area contributed by atoms with Crippen LogP contribution in [-0.2, 0) is 0 Å². The summed E-state index contributed by atoms with van der Waals surface area (Å²) in [7, 11) is 0. The highest BCUT2D eigenvalue weighted by Gasteiger charge is 2.12. The quantitative estimate of drug-likeness (QED) is 0.381. The van der Waals surface area contributed by atoms with Gasteiger partial charge in [0.05, 0.1) is 26.1 Å². The fourth-order valence-corrected chi connectivity index (χ4v) is 3.94. The first-order chi connectivity index (χ1) is 11.6. The van der Waals surface area contributed by atoms with Gasteiger partial charge in [0.2, 0.25) is 0 Å². The Balaban J connectivity index is 1.69. The van der Waals surface area contributed by atoms with Gasteiger partial charge in [-0.1, -0.05) is 53.5 Å². The number of aromatic nitrogens is 1. The highest BCUT2D eigenvalue weighted by Crippen LogP contribution is 2.37. The first kappa shape index (κ1) is 15.6. The number of benzene rings is 3. The van der Waals surface area contributed by atoms with Crippen molar-refractivity contribution in [2.75, 3.05) is 4.72 Å². The number of anilines is 1. The fourth-order valence-electron chi connectivity index (χ4n) is 2.66. The molecule has 0 aliphatic heterocycles. The molecule has 120 valence electrons. The van der Waals surface area contributed by atoms with Gasteiger partial charge >= 0.3 is 0 Å². The Hall–Kier alpha value is -1.88. The second-order valence-electron chi connectivity index (χ2n) is 5.28. The summed E-state index contributed by atoms with van der Waals surface area (Å²) < 4.78 is 17.8. The van der Waals surface area contributed by atoms with E-state index < -0.39 is 0 Å². The predicted molar refractivity (Wildman–Crippen MR) is 102 cm³/mol. The fraction of sp³-hybridized carbons (Fsp3) is 0. The average molecular weight is 377 g/mol. The molecule has 0 unspecified atom stereocenters. The third-order valence-electron chi connectivity index (χ3n) is 3.84. The molecule has 24 heavy (non-hydrogen) atoms. The van der Waals surface area contributed by atoms with E-state index in [1.54, 1.807) is 24.4 Å². The maximum atomic E-state index is 14.6. The minimum atomic E-state index is -0.236. The van der Waals surface area contributed by atoms with Crippen molar-refractivity contribution in [3.8, 4) is 0 Å². The van der Waals surface area contributed by atoms with Crippen molar-refractivity contribution in [1.82, 2.24) is 4.98 Å². The van der Waals surface area contributed by atoms with Gasteiger partial charge in [0.25, 0.3) is 0 Å². The average Bonchev–Trinajstić information content (AvgIpc) is 2.99. The molecule has 0 bridgehead atoms. The van der Waals surface area contributed by atoms with Crippen molar-refractivity contribution in [2.45, 2.75) is 4.90 Å². The summed E-state index contributed by atoms with van der Waals surface area (Å²) in [5.41, 5.74) is 1.58. The van der Waals surface area contributed by atoms with E-state index in [0.717, 1.165) is 22.0 Å². The van der Waals surface area contributed by atoms with E-state index in [2.05, 4.69) is 9.71 Å². The maximum absolute atomic E-state index is 14.6. The molecule has 0 saturated carbocycles. The van der Waals surface area contributed by atoms with E-state index in [0.29, 0.717) is 20.3 Å². The molecule has 0 atom stereocenters. The third kappa shape index (κ3) is 2.61. The van der Waals surface area contributed by atoms with Crippen molar-refractivity contribution in [3.05, 3.63) is 70.6 Å². The molecule has 1 aromatic heterocycles. The molecular weight excluding hydrogens is 366 g/mol. The number of halogens is 3. The van der Waals surface area contributed by atoms with Gasteiger partial charge < -0.3 is 9.71 Å². The largest absolute Gasteiger partial charge is 0.358 e. The van der Waals surface area contributed by atoms with E-state index in [9.17, 15) is 4.39 Å². The Morgan fingerprint density at radius 1 is 0.958 bits per heavy atom. The summed E-state index contributed by atoms with van der Waals surface area (Å²) >= 11 is 13.5. The molecule has 0 aliphatic rings. The van der Waals surface area contributed by atoms with Crippen molar-refractivity contribution in [2.24, 2.45) is 0 Å². The van der Waals surface area contributed by atoms with Gasteiger partial charge in [0.15, 0.2) is 0 Å². The maximum Gasteiger partial charge on any atom is 0.146 e. The van der Waals surface area contributed by atoms with Crippen LogP contribution in [0.5, 0.6) is 0 Å². The number of hydrogen-bond donors (Lipinski definition) is 2. The van der Waals surface area contributed by atoms with Crippen molar-refractivity contribution in [3.63, 3.8) is 0 Å². The van der Waals surface area contributed by atoms with Crippen molar-refractivity contribution >= 4 is 62.5 Å². The minimum Gasteiger partial charge on any atom is -0.358 e. The molecule has 1 heterocycles. The number of nitrogens with one attached hydrogen (secondary N) is 2. The lowest BCUT2D eigenvalue weighted by molar-refractivity contribution is 0.615. The molecule has 2 nitrogen and oxygen atoms in total. The molecule has 0 saturated heterocycles.